The summed E-state index contributed by atoms with van der Waals surface area (Å²) in [5.41, 5.74) is 1.69. The van der Waals surface area contributed by atoms with Crippen LogP contribution >= 0.6 is 11.6 Å². The highest BCUT2D eigenvalue weighted by Gasteiger charge is 2.33. The molecule has 0 spiro atoms. The van der Waals surface area contributed by atoms with Crippen molar-refractivity contribution in [2.75, 3.05) is 54.0 Å². The first-order chi connectivity index (χ1) is 15.3. The summed E-state index contributed by atoms with van der Waals surface area (Å²) in [5, 5.41) is 3.02. The molecule has 2 fully saturated rings. The third kappa shape index (κ3) is 4.85. The van der Waals surface area contributed by atoms with Crippen molar-refractivity contribution < 1.29 is 18.7 Å². The number of cyclic esters (lactones) is 1. The molecule has 0 aliphatic carbocycles. The number of hydrogen-bond acceptors (Lipinski definition) is 7. The van der Waals surface area contributed by atoms with Crippen LogP contribution in [0.2, 0.25) is 5.15 Å². The lowest BCUT2D eigenvalue weighted by Crippen LogP contribution is -2.47. The number of aryl methyl sites for hydroxylation is 1. The van der Waals surface area contributed by atoms with Crippen molar-refractivity contribution in [1.29, 1.82) is 0 Å². The van der Waals surface area contributed by atoms with Crippen LogP contribution < -0.4 is 20.0 Å². The Morgan fingerprint density at radius 1 is 1.22 bits per heavy atom. The van der Waals surface area contributed by atoms with Gasteiger partial charge in [-0.15, -0.1) is 0 Å². The number of ether oxygens (including phenoxy) is 1. The van der Waals surface area contributed by atoms with E-state index in [1.165, 1.54) is 17.9 Å². The summed E-state index contributed by atoms with van der Waals surface area (Å²) in [5.74, 6) is -0.0391. The summed E-state index contributed by atoms with van der Waals surface area (Å²) >= 11 is 6.04. The Balaban J connectivity index is 1.40. The van der Waals surface area contributed by atoms with Gasteiger partial charge in [-0.25, -0.2) is 19.2 Å². The fourth-order valence-corrected chi connectivity index (χ4v) is 4.05. The fourth-order valence-electron chi connectivity index (χ4n) is 3.82. The second kappa shape index (κ2) is 9.15. The molecular weight excluding hydrogens is 439 g/mol. The number of carbonyl (C=O) groups is 2. The zero-order valence-corrected chi connectivity index (χ0v) is 18.6. The number of anilines is 3. The molecule has 3 heterocycles. The van der Waals surface area contributed by atoms with Gasteiger partial charge in [0.05, 0.1) is 24.5 Å². The Morgan fingerprint density at radius 3 is 2.59 bits per heavy atom. The Hall–Kier alpha value is -3.14. The SMILES string of the molecule is CC(=O)NC[C@H]1CN(c2ccc(N3CCN(c4nc(C)cc(Cl)n4)CC3)c(F)c2)C(=O)O1. The van der Waals surface area contributed by atoms with E-state index >= 15 is 0 Å². The van der Waals surface area contributed by atoms with Gasteiger partial charge in [-0.2, -0.15) is 0 Å². The molecule has 0 saturated carbocycles. The standard InChI is InChI=1S/C21H24ClFN6O3/c1-13-9-19(22)26-20(25-13)28-7-5-27(6-8-28)18-4-3-15(10-17(18)23)29-12-16(32-21(29)31)11-24-14(2)30/h3-4,9-10,16H,5-8,11-12H2,1-2H3,(H,24,30)/t16-/m0/s1. The number of carbonyl (C=O) groups excluding carboxylic acids is 2. The van der Waals surface area contributed by atoms with Crippen LogP contribution in [0.3, 0.4) is 0 Å². The maximum Gasteiger partial charge on any atom is 0.414 e. The lowest BCUT2D eigenvalue weighted by atomic mass is 10.2. The molecule has 1 aromatic carbocycles. The molecule has 32 heavy (non-hydrogen) atoms. The minimum Gasteiger partial charge on any atom is -0.442 e. The summed E-state index contributed by atoms with van der Waals surface area (Å²) in [6.45, 7) is 6.17. The Morgan fingerprint density at radius 2 is 1.94 bits per heavy atom. The smallest absolute Gasteiger partial charge is 0.414 e. The molecule has 0 radical (unpaired) electrons. The zero-order valence-electron chi connectivity index (χ0n) is 17.8. The number of hydrogen-bond donors (Lipinski definition) is 1. The van der Waals surface area contributed by atoms with Crippen LogP contribution in [0.1, 0.15) is 12.6 Å². The number of benzene rings is 1. The molecule has 1 atom stereocenters. The molecule has 2 amide bonds. The molecule has 0 bridgehead atoms. The van der Waals surface area contributed by atoms with E-state index in [1.54, 1.807) is 18.2 Å². The van der Waals surface area contributed by atoms with Crippen molar-refractivity contribution >= 4 is 40.9 Å². The van der Waals surface area contributed by atoms with Crippen molar-refractivity contribution in [3.63, 3.8) is 0 Å². The number of amides is 2. The summed E-state index contributed by atoms with van der Waals surface area (Å²) < 4.78 is 20.2. The number of nitrogens with zero attached hydrogens (tertiary/aromatic N) is 5. The van der Waals surface area contributed by atoms with Crippen molar-refractivity contribution in [2.45, 2.75) is 20.0 Å². The predicted octanol–water partition coefficient (Wildman–Crippen LogP) is 2.37. The molecule has 2 saturated heterocycles. The highest BCUT2D eigenvalue weighted by atomic mass is 35.5. The van der Waals surface area contributed by atoms with E-state index in [0.29, 0.717) is 48.7 Å². The van der Waals surface area contributed by atoms with Crippen LogP contribution in [-0.4, -0.2) is 67.3 Å². The fraction of sp³-hybridized carbons (Fsp3) is 0.429. The molecule has 4 rings (SSSR count). The van der Waals surface area contributed by atoms with Gasteiger partial charge in [0.15, 0.2) is 0 Å². The van der Waals surface area contributed by atoms with Gasteiger partial charge in [-0.05, 0) is 31.2 Å². The molecule has 11 heteroatoms. The van der Waals surface area contributed by atoms with E-state index in [-0.39, 0.29) is 19.0 Å². The average molecular weight is 463 g/mol. The van der Waals surface area contributed by atoms with E-state index in [9.17, 15) is 14.0 Å². The molecule has 1 aromatic heterocycles. The van der Waals surface area contributed by atoms with Crippen LogP contribution in [0.25, 0.3) is 0 Å². The molecule has 2 aliphatic heterocycles. The van der Waals surface area contributed by atoms with Gasteiger partial charge >= 0.3 is 6.09 Å². The van der Waals surface area contributed by atoms with Crippen molar-refractivity contribution in [3.8, 4) is 0 Å². The van der Waals surface area contributed by atoms with Gasteiger partial charge in [0, 0.05) is 38.8 Å². The van der Waals surface area contributed by atoms with Crippen molar-refractivity contribution in [2.24, 2.45) is 0 Å². The number of piperazine rings is 1. The average Bonchev–Trinajstić information content (AvgIpc) is 3.12. The first-order valence-electron chi connectivity index (χ1n) is 10.3. The largest absolute Gasteiger partial charge is 0.442 e. The molecule has 1 N–H and O–H groups in total. The summed E-state index contributed by atoms with van der Waals surface area (Å²) in [4.78, 5) is 37.3. The van der Waals surface area contributed by atoms with E-state index in [2.05, 4.69) is 15.3 Å². The third-order valence-corrected chi connectivity index (χ3v) is 5.60. The second-order valence-electron chi connectivity index (χ2n) is 7.80. The molecule has 2 aliphatic rings. The van der Waals surface area contributed by atoms with Crippen LogP contribution in [0.4, 0.5) is 26.5 Å². The molecule has 170 valence electrons. The third-order valence-electron chi connectivity index (χ3n) is 5.41. The normalized spacial score (nSPS) is 18.7. The van der Waals surface area contributed by atoms with Crippen molar-refractivity contribution in [3.05, 3.63) is 40.9 Å². The molecular formula is C21H24ClFN6O3. The minimum absolute atomic E-state index is 0.202. The van der Waals surface area contributed by atoms with Gasteiger partial charge in [0.1, 0.15) is 17.1 Å². The summed E-state index contributed by atoms with van der Waals surface area (Å²) in [6, 6.07) is 6.43. The molecule has 0 unspecified atom stereocenters. The van der Waals surface area contributed by atoms with E-state index in [1.807, 2.05) is 16.7 Å². The first-order valence-corrected chi connectivity index (χ1v) is 10.7. The maximum absolute atomic E-state index is 15.0. The van der Waals surface area contributed by atoms with Gasteiger partial charge in [0.25, 0.3) is 0 Å². The monoisotopic (exact) mass is 462 g/mol. The highest BCUT2D eigenvalue weighted by molar-refractivity contribution is 6.29. The van der Waals surface area contributed by atoms with Gasteiger partial charge in [0.2, 0.25) is 11.9 Å². The number of aromatic nitrogens is 2. The summed E-state index contributed by atoms with van der Waals surface area (Å²) in [7, 11) is 0. The van der Waals surface area contributed by atoms with Crippen LogP contribution in [0.15, 0.2) is 24.3 Å². The Bertz CT molecular complexity index is 1010. The topological polar surface area (TPSA) is 90.9 Å². The first kappa shape index (κ1) is 22.1. The van der Waals surface area contributed by atoms with Crippen LogP contribution in [-0.2, 0) is 9.53 Å². The number of rotatable bonds is 5. The van der Waals surface area contributed by atoms with Crippen LogP contribution in [0, 0.1) is 12.7 Å². The molecule has 9 nitrogen and oxygen atoms in total. The van der Waals surface area contributed by atoms with Gasteiger partial charge in [-0.1, -0.05) is 11.6 Å². The lowest BCUT2D eigenvalue weighted by molar-refractivity contribution is -0.119. The minimum atomic E-state index is -0.557. The Kier molecular flexibility index (Phi) is 6.31. The zero-order chi connectivity index (χ0) is 22.8. The highest BCUT2D eigenvalue weighted by Crippen LogP contribution is 2.29. The Labute approximate surface area is 190 Å². The van der Waals surface area contributed by atoms with Crippen molar-refractivity contribution in [1.82, 2.24) is 15.3 Å². The van der Waals surface area contributed by atoms with Gasteiger partial charge < -0.3 is 19.9 Å². The summed E-state index contributed by atoms with van der Waals surface area (Å²) in [6.07, 6.45) is -1.03. The maximum atomic E-state index is 15.0. The van der Waals surface area contributed by atoms with Crippen LogP contribution in [0.5, 0.6) is 0 Å². The van der Waals surface area contributed by atoms with Gasteiger partial charge in [-0.3, -0.25) is 9.69 Å². The number of halogens is 2. The van der Waals surface area contributed by atoms with E-state index in [0.717, 1.165) is 5.69 Å². The molecule has 2 aromatic rings. The lowest BCUT2D eigenvalue weighted by Gasteiger charge is -2.36. The quantitative estimate of drug-likeness (QED) is 0.682. The van der Waals surface area contributed by atoms with E-state index in [4.69, 9.17) is 16.3 Å². The number of nitrogens with one attached hydrogen (secondary N) is 1. The second-order valence-corrected chi connectivity index (χ2v) is 8.18. The predicted molar refractivity (Wildman–Crippen MR) is 119 cm³/mol. The van der Waals surface area contributed by atoms with E-state index < -0.39 is 18.0 Å².